The first kappa shape index (κ1) is 23.7. The van der Waals surface area contributed by atoms with Gasteiger partial charge in [-0.2, -0.15) is 0 Å². The van der Waals surface area contributed by atoms with Gasteiger partial charge in [-0.15, -0.1) is 0 Å². The Morgan fingerprint density at radius 3 is 2.46 bits per heavy atom. The summed E-state index contributed by atoms with van der Waals surface area (Å²) in [5.41, 5.74) is 5.17. The van der Waals surface area contributed by atoms with E-state index in [2.05, 4.69) is 4.98 Å². The number of nitrogens with zero attached hydrogens (tertiary/aromatic N) is 3. The average Bonchev–Trinajstić information content (AvgIpc) is 3.39. The predicted molar refractivity (Wildman–Crippen MR) is 138 cm³/mol. The van der Waals surface area contributed by atoms with Crippen LogP contribution in [-0.2, 0) is 19.4 Å². The smallest absolute Gasteiger partial charge is 0.326 e. The third-order valence-electron chi connectivity index (χ3n) is 8.16. The number of benzene rings is 2. The zero-order valence-electron chi connectivity index (χ0n) is 20.9. The molecule has 0 atom stereocenters. The van der Waals surface area contributed by atoms with Gasteiger partial charge in [-0.05, 0) is 80.8 Å². The van der Waals surface area contributed by atoms with E-state index in [4.69, 9.17) is 0 Å². The van der Waals surface area contributed by atoms with Crippen molar-refractivity contribution in [3.8, 4) is 0 Å². The number of hydrogen-bond donors (Lipinski definition) is 1. The molecule has 3 heterocycles. The van der Waals surface area contributed by atoms with Crippen molar-refractivity contribution in [2.75, 3.05) is 13.1 Å². The number of carbonyl (C=O) groups is 1. The molecule has 192 valence electrons. The number of hydrogen-bond acceptors (Lipinski definition) is 2. The summed E-state index contributed by atoms with van der Waals surface area (Å²) in [6.45, 7) is 2.98. The lowest BCUT2D eigenvalue weighted by atomic mass is 9.95. The third kappa shape index (κ3) is 3.99. The molecule has 1 fully saturated rings. The Bertz CT molecular complexity index is 1540. The van der Waals surface area contributed by atoms with E-state index in [1.165, 1.54) is 18.2 Å². The van der Waals surface area contributed by atoms with Gasteiger partial charge in [0.2, 0.25) is 0 Å². The van der Waals surface area contributed by atoms with Gasteiger partial charge in [0.15, 0.2) is 0 Å². The van der Waals surface area contributed by atoms with Crippen LogP contribution < -0.4 is 5.69 Å². The van der Waals surface area contributed by atoms with Crippen LogP contribution in [0.15, 0.2) is 47.3 Å². The second-order valence-corrected chi connectivity index (χ2v) is 10.2. The summed E-state index contributed by atoms with van der Waals surface area (Å²) in [6, 6.07) is 11.5. The summed E-state index contributed by atoms with van der Waals surface area (Å²) < 4.78 is 32.9. The van der Waals surface area contributed by atoms with Crippen molar-refractivity contribution in [3.63, 3.8) is 0 Å². The highest BCUT2D eigenvalue weighted by molar-refractivity contribution is 5.95. The summed E-state index contributed by atoms with van der Waals surface area (Å²) in [6.07, 6.45) is 5.04. The first-order valence-electron chi connectivity index (χ1n) is 13.1. The number of H-pyrrole nitrogens is 1. The number of imidazole rings is 1. The third-order valence-corrected chi connectivity index (χ3v) is 8.16. The summed E-state index contributed by atoms with van der Waals surface area (Å²) in [4.78, 5) is 31.4. The monoisotopic (exact) mass is 504 g/mol. The second kappa shape index (κ2) is 9.32. The quantitative estimate of drug-likeness (QED) is 0.419. The Hall–Kier alpha value is -3.68. The zero-order valence-corrected chi connectivity index (χ0v) is 20.9. The van der Waals surface area contributed by atoms with Gasteiger partial charge >= 0.3 is 5.69 Å². The number of amides is 1. The van der Waals surface area contributed by atoms with Crippen molar-refractivity contribution in [2.45, 2.75) is 58.0 Å². The number of piperidine rings is 1. The van der Waals surface area contributed by atoms with Crippen LogP contribution in [0.4, 0.5) is 8.78 Å². The maximum atomic E-state index is 14.6. The van der Waals surface area contributed by atoms with Crippen LogP contribution in [0, 0.1) is 18.6 Å². The molecule has 37 heavy (non-hydrogen) atoms. The average molecular weight is 505 g/mol. The first-order valence-corrected chi connectivity index (χ1v) is 13.1. The van der Waals surface area contributed by atoms with E-state index >= 15 is 0 Å². The van der Waals surface area contributed by atoms with Crippen molar-refractivity contribution in [3.05, 3.63) is 92.7 Å². The second-order valence-electron chi connectivity index (χ2n) is 10.2. The highest BCUT2D eigenvalue weighted by Crippen LogP contribution is 2.33. The molecule has 0 saturated carbocycles. The number of rotatable bonds is 4. The normalized spacial score (nSPS) is 16.4. The Labute approximate surface area is 213 Å². The minimum absolute atomic E-state index is 0.00120. The predicted octanol–water partition coefficient (Wildman–Crippen LogP) is 5.12. The molecular weight excluding hydrogens is 474 g/mol. The minimum Gasteiger partial charge on any atom is -0.337 e. The maximum Gasteiger partial charge on any atom is 0.326 e. The molecule has 1 amide bonds. The number of nitrogens with one attached hydrogen (secondary N) is 1. The molecule has 8 heteroatoms. The van der Waals surface area contributed by atoms with Crippen LogP contribution >= 0.6 is 0 Å². The SMILES string of the molecule is Cc1c2c(n(Cc3c(F)cccc3F)c1C(=O)N1CCC(n3c(=O)[nH]c4ccccc43)CC1)CCCC2. The van der Waals surface area contributed by atoms with E-state index in [0.717, 1.165) is 53.5 Å². The van der Waals surface area contributed by atoms with Crippen molar-refractivity contribution in [1.29, 1.82) is 0 Å². The largest absolute Gasteiger partial charge is 0.337 e. The molecule has 4 aromatic rings. The lowest BCUT2D eigenvalue weighted by Crippen LogP contribution is -2.41. The number of fused-ring (bicyclic) bond motifs is 2. The number of likely N-dealkylation sites (tertiary alicyclic amines) is 1. The Balaban J connectivity index is 1.30. The highest BCUT2D eigenvalue weighted by atomic mass is 19.1. The van der Waals surface area contributed by atoms with Crippen LogP contribution in [-0.4, -0.2) is 38.0 Å². The summed E-state index contributed by atoms with van der Waals surface area (Å²) >= 11 is 0. The fourth-order valence-electron chi connectivity index (χ4n) is 6.28. The lowest BCUT2D eigenvalue weighted by Gasteiger charge is -2.33. The standard InChI is InChI=1S/C29H30F2N4O2/c1-18-20-7-2-4-11-25(20)34(17-21-22(30)8-6-9-23(21)31)27(18)28(36)33-15-13-19(14-16-33)35-26-12-5-3-10-24(26)32-29(35)37/h3,5-6,8-10,12,19H,2,4,7,11,13-17H2,1H3,(H,32,37). The molecule has 2 aromatic heterocycles. The molecule has 0 radical (unpaired) electrons. The molecule has 1 N–H and O–H groups in total. The van der Waals surface area contributed by atoms with Crippen LogP contribution in [0.25, 0.3) is 11.0 Å². The fourth-order valence-corrected chi connectivity index (χ4v) is 6.28. The highest BCUT2D eigenvalue weighted by Gasteiger charge is 2.32. The molecule has 1 aliphatic heterocycles. The van der Waals surface area contributed by atoms with Gasteiger partial charge in [-0.25, -0.2) is 13.6 Å². The molecule has 2 aromatic carbocycles. The number of para-hydroxylation sites is 2. The van der Waals surface area contributed by atoms with Gasteiger partial charge < -0.3 is 14.5 Å². The molecule has 1 aliphatic carbocycles. The van der Waals surface area contributed by atoms with E-state index in [0.29, 0.717) is 31.6 Å². The van der Waals surface area contributed by atoms with Crippen molar-refractivity contribution in [2.24, 2.45) is 0 Å². The molecule has 0 unspecified atom stereocenters. The van der Waals surface area contributed by atoms with Crippen LogP contribution in [0.5, 0.6) is 0 Å². The number of carbonyl (C=O) groups excluding carboxylic acids is 1. The van der Waals surface area contributed by atoms with Crippen LogP contribution in [0.1, 0.15) is 64.6 Å². The number of aromatic amines is 1. The van der Waals surface area contributed by atoms with Gasteiger partial charge in [0.25, 0.3) is 5.91 Å². The molecular formula is C29H30F2N4O2. The topological polar surface area (TPSA) is 63.0 Å². The molecule has 1 saturated heterocycles. The van der Waals surface area contributed by atoms with Gasteiger partial charge in [0.1, 0.15) is 17.3 Å². The molecule has 6 nitrogen and oxygen atoms in total. The summed E-state index contributed by atoms with van der Waals surface area (Å²) in [7, 11) is 0. The van der Waals surface area contributed by atoms with E-state index in [1.54, 1.807) is 0 Å². The fraction of sp³-hybridized carbons (Fsp3) is 0.379. The minimum atomic E-state index is -0.598. The van der Waals surface area contributed by atoms with E-state index in [-0.39, 0.29) is 29.7 Å². The van der Waals surface area contributed by atoms with Gasteiger partial charge in [0, 0.05) is 30.4 Å². The van der Waals surface area contributed by atoms with Gasteiger partial charge in [-0.3, -0.25) is 9.36 Å². The molecule has 6 rings (SSSR count). The van der Waals surface area contributed by atoms with Gasteiger partial charge in [0.05, 0.1) is 17.6 Å². The molecule has 0 bridgehead atoms. The number of halogens is 2. The van der Waals surface area contributed by atoms with E-state index in [1.807, 2.05) is 45.2 Å². The lowest BCUT2D eigenvalue weighted by molar-refractivity contribution is 0.0683. The summed E-state index contributed by atoms with van der Waals surface area (Å²) in [5.74, 6) is -1.30. The van der Waals surface area contributed by atoms with Crippen LogP contribution in [0.3, 0.4) is 0 Å². The maximum absolute atomic E-state index is 14.6. The van der Waals surface area contributed by atoms with Crippen molar-refractivity contribution >= 4 is 16.9 Å². The molecule has 0 spiro atoms. The van der Waals surface area contributed by atoms with E-state index < -0.39 is 11.6 Å². The Morgan fingerprint density at radius 1 is 1.00 bits per heavy atom. The Kier molecular flexibility index (Phi) is 5.97. The van der Waals surface area contributed by atoms with Crippen LogP contribution in [0.2, 0.25) is 0 Å². The van der Waals surface area contributed by atoms with E-state index in [9.17, 15) is 18.4 Å². The number of aromatic nitrogens is 3. The summed E-state index contributed by atoms with van der Waals surface area (Å²) in [5, 5.41) is 0. The Morgan fingerprint density at radius 2 is 1.70 bits per heavy atom. The van der Waals surface area contributed by atoms with Crippen molar-refractivity contribution in [1.82, 2.24) is 19.0 Å². The zero-order chi connectivity index (χ0) is 25.7. The molecule has 2 aliphatic rings. The van der Waals surface area contributed by atoms with Gasteiger partial charge in [-0.1, -0.05) is 18.2 Å². The van der Waals surface area contributed by atoms with Crippen molar-refractivity contribution < 1.29 is 13.6 Å². The first-order chi connectivity index (χ1) is 17.9.